The lowest BCUT2D eigenvalue weighted by Gasteiger charge is -2.39. The standard InChI is InChI=1S/C17H29N3O7S/c1-16(2,3)27-15(23)20-9-5-8-17(20,11-26-28(4,24)25)10-18-12-6-7-13(21)19-14(12)22/h12,18H,5-11H2,1-4H3,(H,19,21,22). The van der Waals surface area contributed by atoms with Gasteiger partial charge in [0.1, 0.15) is 5.60 Å². The van der Waals surface area contributed by atoms with Crippen LogP contribution in [0, 0.1) is 0 Å². The van der Waals surface area contributed by atoms with E-state index in [1.807, 2.05) is 0 Å². The van der Waals surface area contributed by atoms with Gasteiger partial charge in [-0.3, -0.25) is 24.0 Å². The molecule has 2 fully saturated rings. The van der Waals surface area contributed by atoms with E-state index in [1.165, 1.54) is 4.90 Å². The first-order valence-corrected chi connectivity index (χ1v) is 11.1. The van der Waals surface area contributed by atoms with Crippen molar-refractivity contribution >= 4 is 28.0 Å². The minimum Gasteiger partial charge on any atom is -0.444 e. The summed E-state index contributed by atoms with van der Waals surface area (Å²) in [6.45, 7) is 5.52. The lowest BCUT2D eigenvalue weighted by atomic mass is 9.96. The van der Waals surface area contributed by atoms with Gasteiger partial charge in [0.2, 0.25) is 11.8 Å². The molecule has 28 heavy (non-hydrogen) atoms. The van der Waals surface area contributed by atoms with Crippen molar-refractivity contribution in [2.24, 2.45) is 0 Å². The first kappa shape index (κ1) is 22.6. The van der Waals surface area contributed by atoms with Crippen molar-refractivity contribution < 1.29 is 31.7 Å². The quantitative estimate of drug-likeness (QED) is 0.459. The number of likely N-dealkylation sites (tertiary alicyclic amines) is 1. The number of hydrogen-bond donors (Lipinski definition) is 2. The van der Waals surface area contributed by atoms with Crippen molar-refractivity contribution in [3.8, 4) is 0 Å². The van der Waals surface area contributed by atoms with E-state index in [0.29, 0.717) is 25.8 Å². The van der Waals surface area contributed by atoms with Crippen LogP contribution < -0.4 is 10.6 Å². The van der Waals surface area contributed by atoms with Gasteiger partial charge in [0.25, 0.3) is 10.1 Å². The second kappa shape index (κ2) is 8.34. The Bertz CT molecular complexity index is 732. The Morgan fingerprint density at radius 2 is 2.04 bits per heavy atom. The molecule has 2 N–H and O–H groups in total. The number of ether oxygens (including phenoxy) is 1. The van der Waals surface area contributed by atoms with Crippen molar-refractivity contribution in [3.05, 3.63) is 0 Å². The minimum atomic E-state index is -3.73. The van der Waals surface area contributed by atoms with E-state index in [9.17, 15) is 22.8 Å². The van der Waals surface area contributed by atoms with Gasteiger partial charge < -0.3 is 10.1 Å². The molecule has 0 radical (unpaired) electrons. The summed E-state index contributed by atoms with van der Waals surface area (Å²) in [7, 11) is -3.73. The Labute approximate surface area is 165 Å². The first-order chi connectivity index (χ1) is 12.8. The van der Waals surface area contributed by atoms with Gasteiger partial charge >= 0.3 is 6.09 Å². The third-order valence-electron chi connectivity index (χ3n) is 4.67. The third kappa shape index (κ3) is 6.14. The van der Waals surface area contributed by atoms with E-state index in [2.05, 4.69) is 10.6 Å². The molecule has 11 heteroatoms. The maximum Gasteiger partial charge on any atom is 0.410 e. The lowest BCUT2D eigenvalue weighted by molar-refractivity contribution is -0.134. The summed E-state index contributed by atoms with van der Waals surface area (Å²) in [6, 6.07) is -0.603. The van der Waals surface area contributed by atoms with Crippen LogP contribution in [-0.2, 0) is 28.6 Å². The number of nitrogens with one attached hydrogen (secondary N) is 2. The summed E-state index contributed by atoms with van der Waals surface area (Å²) in [4.78, 5) is 37.5. The predicted molar refractivity (Wildman–Crippen MR) is 99.9 cm³/mol. The molecular weight excluding hydrogens is 390 g/mol. The maximum absolute atomic E-state index is 12.7. The largest absolute Gasteiger partial charge is 0.444 e. The number of carbonyl (C=O) groups excluding carboxylic acids is 3. The van der Waals surface area contributed by atoms with Crippen LogP contribution in [0.4, 0.5) is 4.79 Å². The lowest BCUT2D eigenvalue weighted by Crippen LogP contribution is -2.61. The molecule has 2 atom stereocenters. The molecule has 3 amide bonds. The third-order valence-corrected chi connectivity index (χ3v) is 5.21. The van der Waals surface area contributed by atoms with E-state index < -0.39 is 39.3 Å². The molecule has 0 aromatic carbocycles. The molecule has 0 spiro atoms. The fourth-order valence-electron chi connectivity index (χ4n) is 3.34. The second-order valence-corrected chi connectivity index (χ2v) is 9.95. The molecule has 2 saturated heterocycles. The molecule has 2 aliphatic rings. The topological polar surface area (TPSA) is 131 Å². The predicted octanol–water partition coefficient (Wildman–Crippen LogP) is 0.127. The van der Waals surface area contributed by atoms with E-state index in [-0.39, 0.29) is 25.5 Å². The molecular formula is C17H29N3O7S. The highest BCUT2D eigenvalue weighted by molar-refractivity contribution is 7.85. The van der Waals surface area contributed by atoms with Gasteiger partial charge in [-0.05, 0) is 40.0 Å². The number of carbonyl (C=O) groups is 3. The zero-order chi connectivity index (χ0) is 21.2. The monoisotopic (exact) mass is 419 g/mol. The van der Waals surface area contributed by atoms with Crippen LogP contribution in [0.3, 0.4) is 0 Å². The van der Waals surface area contributed by atoms with Crippen LogP contribution in [0.25, 0.3) is 0 Å². The Hall–Kier alpha value is -1.72. The summed E-state index contributed by atoms with van der Waals surface area (Å²) in [5, 5.41) is 5.34. The highest BCUT2D eigenvalue weighted by Crippen LogP contribution is 2.32. The van der Waals surface area contributed by atoms with Gasteiger partial charge in [-0.2, -0.15) is 8.42 Å². The molecule has 0 aromatic rings. The van der Waals surface area contributed by atoms with E-state index >= 15 is 0 Å². The number of hydrogen-bond acceptors (Lipinski definition) is 8. The zero-order valence-electron chi connectivity index (χ0n) is 16.7. The van der Waals surface area contributed by atoms with Gasteiger partial charge in [-0.1, -0.05) is 0 Å². The van der Waals surface area contributed by atoms with Crippen molar-refractivity contribution in [2.75, 3.05) is 26.0 Å². The van der Waals surface area contributed by atoms with Crippen LogP contribution in [0.1, 0.15) is 46.5 Å². The minimum absolute atomic E-state index is 0.133. The van der Waals surface area contributed by atoms with Gasteiger partial charge in [-0.15, -0.1) is 0 Å². The molecule has 2 rings (SSSR count). The fraction of sp³-hybridized carbons (Fsp3) is 0.824. The molecule has 0 aromatic heterocycles. The maximum atomic E-state index is 12.7. The van der Waals surface area contributed by atoms with Gasteiger partial charge in [0.15, 0.2) is 0 Å². The summed E-state index contributed by atoms with van der Waals surface area (Å²) in [6.07, 6.45) is 2.06. The average molecular weight is 420 g/mol. The Balaban J connectivity index is 2.17. The molecule has 10 nitrogen and oxygen atoms in total. The van der Waals surface area contributed by atoms with Crippen LogP contribution in [0.15, 0.2) is 0 Å². The smallest absolute Gasteiger partial charge is 0.410 e. The SMILES string of the molecule is CC(C)(C)OC(=O)N1CCCC1(CNC1CCC(=O)NC1=O)COS(C)(=O)=O. The fourth-order valence-corrected chi connectivity index (χ4v) is 3.78. The van der Waals surface area contributed by atoms with Crippen LogP contribution in [-0.4, -0.2) is 74.4 Å². The molecule has 2 heterocycles. The molecule has 0 aliphatic carbocycles. The van der Waals surface area contributed by atoms with Crippen LogP contribution >= 0.6 is 0 Å². The molecule has 0 bridgehead atoms. The van der Waals surface area contributed by atoms with Crippen molar-refractivity contribution in [1.29, 1.82) is 0 Å². The molecule has 160 valence electrons. The zero-order valence-corrected chi connectivity index (χ0v) is 17.6. The number of imide groups is 1. The van der Waals surface area contributed by atoms with E-state index in [4.69, 9.17) is 8.92 Å². The summed E-state index contributed by atoms with van der Waals surface area (Å²) < 4.78 is 33.6. The number of piperidine rings is 1. The second-order valence-electron chi connectivity index (χ2n) is 8.31. The highest BCUT2D eigenvalue weighted by Gasteiger charge is 2.47. The Kier molecular flexibility index (Phi) is 6.72. The normalized spacial score (nSPS) is 26.3. The van der Waals surface area contributed by atoms with Gasteiger partial charge in [0.05, 0.1) is 24.4 Å². The van der Waals surface area contributed by atoms with Crippen LogP contribution in [0.2, 0.25) is 0 Å². The highest BCUT2D eigenvalue weighted by atomic mass is 32.2. The molecule has 2 aliphatic heterocycles. The number of nitrogens with zero attached hydrogens (tertiary/aromatic N) is 1. The number of amides is 3. The Morgan fingerprint density at radius 3 is 2.61 bits per heavy atom. The van der Waals surface area contributed by atoms with Crippen LogP contribution in [0.5, 0.6) is 0 Å². The number of rotatable bonds is 6. The molecule has 0 saturated carbocycles. The summed E-state index contributed by atoms with van der Waals surface area (Å²) in [5.41, 5.74) is -1.69. The summed E-state index contributed by atoms with van der Waals surface area (Å²) in [5.74, 6) is -0.758. The average Bonchev–Trinajstić information content (AvgIpc) is 2.94. The van der Waals surface area contributed by atoms with Gasteiger partial charge in [-0.25, -0.2) is 4.79 Å². The van der Waals surface area contributed by atoms with E-state index in [1.54, 1.807) is 20.8 Å². The van der Waals surface area contributed by atoms with E-state index in [0.717, 1.165) is 6.26 Å². The van der Waals surface area contributed by atoms with Crippen molar-refractivity contribution in [2.45, 2.75) is 63.6 Å². The Morgan fingerprint density at radius 1 is 1.36 bits per heavy atom. The van der Waals surface area contributed by atoms with Crippen molar-refractivity contribution in [1.82, 2.24) is 15.5 Å². The van der Waals surface area contributed by atoms with Gasteiger partial charge in [0, 0.05) is 19.5 Å². The summed E-state index contributed by atoms with van der Waals surface area (Å²) >= 11 is 0. The van der Waals surface area contributed by atoms with Crippen molar-refractivity contribution in [3.63, 3.8) is 0 Å². The molecule has 2 unspecified atom stereocenters. The first-order valence-electron chi connectivity index (χ1n) is 9.23.